The van der Waals surface area contributed by atoms with Gasteiger partial charge in [-0.1, -0.05) is 0 Å². The Labute approximate surface area is 73.0 Å². The first kappa shape index (κ1) is 23.8. The molecule has 0 aromatic rings. The van der Waals surface area contributed by atoms with Crippen LogP contribution in [-0.2, 0) is 0 Å². The Bertz CT molecular complexity index is 12.8. The van der Waals surface area contributed by atoms with E-state index in [0.29, 0.717) is 0 Å². The van der Waals surface area contributed by atoms with Crippen molar-refractivity contribution in [1.82, 2.24) is 0 Å². The molecule has 7 heteroatoms. The van der Waals surface area contributed by atoms with Gasteiger partial charge in [0.05, 0.1) is 10.8 Å². The zero-order valence-corrected chi connectivity index (χ0v) is 6.27. The van der Waals surface area contributed by atoms with E-state index < -0.39 is 10.8 Å². The van der Waals surface area contributed by atoms with Gasteiger partial charge in [0.2, 0.25) is 0 Å². The standard InChI is InChI=1S/Ca.ClO3.2H2O/c;2-1(3)4;;/h;;2*1H2/q+2;-1;;. The average Bonchev–Trinajstić information content (AvgIpc) is 0.811. The Morgan fingerprint density at radius 3 is 0.857 bits per heavy atom. The van der Waals surface area contributed by atoms with Gasteiger partial charge in [-0.15, -0.1) is 0 Å². The molecule has 0 aromatic heterocycles. The van der Waals surface area contributed by atoms with Gasteiger partial charge in [-0.2, -0.15) is 0 Å². The molecule has 4 N–H and O–H groups in total. The van der Waals surface area contributed by atoms with Gasteiger partial charge in [0.1, 0.15) is 0 Å². The van der Waals surface area contributed by atoms with Gasteiger partial charge < -0.3 is 24.9 Å². The van der Waals surface area contributed by atoms with Gasteiger partial charge in [0.15, 0.2) is 0 Å². The Morgan fingerprint density at radius 2 is 0.857 bits per heavy atom. The van der Waals surface area contributed by atoms with Gasteiger partial charge in [-0.3, -0.25) is 0 Å². The molecule has 0 rings (SSSR count). The van der Waals surface area contributed by atoms with Crippen LogP contribution in [0.3, 0.4) is 0 Å². The first-order chi connectivity index (χ1) is 1.73. The predicted octanol–water partition coefficient (Wildman–Crippen LogP) is -5.60. The Hall–Kier alpha value is 1.35. The van der Waals surface area contributed by atoms with E-state index >= 15 is 0 Å². The second kappa shape index (κ2) is 15.7. The fourth-order valence-electron chi connectivity index (χ4n) is 0. The smallest absolute Gasteiger partial charge is 0.412 e. The summed E-state index contributed by atoms with van der Waals surface area (Å²) < 4.78 is 25.2. The van der Waals surface area contributed by atoms with E-state index in [0.717, 1.165) is 0 Å². The van der Waals surface area contributed by atoms with Crippen LogP contribution in [0.4, 0.5) is 0 Å². The van der Waals surface area contributed by atoms with Crippen LogP contribution in [0.1, 0.15) is 0 Å². The minimum absolute atomic E-state index is 0. The molecule has 0 atom stereocenters. The van der Waals surface area contributed by atoms with Crippen molar-refractivity contribution < 1.29 is 35.7 Å². The summed E-state index contributed by atoms with van der Waals surface area (Å²) in [6, 6.07) is 0. The summed E-state index contributed by atoms with van der Waals surface area (Å²) in [5.41, 5.74) is 0. The SMILES string of the molecule is O.O.[Ca+2].[O-][Cl+2]([O-])[O-]. The summed E-state index contributed by atoms with van der Waals surface area (Å²) >= 11 is 0. The van der Waals surface area contributed by atoms with Crippen molar-refractivity contribution in [2.45, 2.75) is 0 Å². The summed E-state index contributed by atoms with van der Waals surface area (Å²) in [5.74, 6) is 0. The quantitative estimate of drug-likeness (QED) is 0.326. The molecule has 0 fully saturated rings. The van der Waals surface area contributed by atoms with Gasteiger partial charge in [-0.25, -0.2) is 0 Å². The van der Waals surface area contributed by atoms with Crippen molar-refractivity contribution in [2.75, 3.05) is 0 Å². The summed E-state index contributed by atoms with van der Waals surface area (Å²) in [7, 11) is -2.85. The Balaban J connectivity index is -0.0000000150. The molecule has 0 amide bonds. The normalized spacial score (nSPS) is 5.14. The maximum atomic E-state index is 8.41. The fraction of sp³-hybridized carbons (Fsp3) is 0. The van der Waals surface area contributed by atoms with E-state index in [1.165, 1.54) is 0 Å². The average molecular weight is 160 g/mol. The Morgan fingerprint density at radius 1 is 0.857 bits per heavy atom. The molecule has 0 saturated heterocycles. The molecule has 0 spiro atoms. The first-order valence-corrected chi connectivity index (χ1v) is 1.39. The van der Waals surface area contributed by atoms with Crippen LogP contribution in [0.5, 0.6) is 0 Å². The van der Waals surface area contributed by atoms with Gasteiger partial charge in [0, 0.05) is 0 Å². The molecule has 0 heterocycles. The van der Waals surface area contributed by atoms with Gasteiger partial charge in [-0.05, 0) is 0 Å². The van der Waals surface area contributed by atoms with Crippen LogP contribution in [0, 0.1) is 10.8 Å². The third-order valence-electron chi connectivity index (χ3n) is 0. The van der Waals surface area contributed by atoms with Crippen molar-refractivity contribution in [2.24, 2.45) is 0 Å². The molecule has 0 aliphatic carbocycles. The molecule has 0 aliphatic rings. The second-order valence-corrected chi connectivity index (χ2v) is 0.567. The molecule has 0 radical (unpaired) electrons. The topological polar surface area (TPSA) is 132 Å². The number of hydrogen-bond acceptors (Lipinski definition) is 3. The van der Waals surface area contributed by atoms with E-state index in [2.05, 4.69) is 0 Å². The minimum atomic E-state index is -2.85. The summed E-state index contributed by atoms with van der Waals surface area (Å²) in [4.78, 5) is 0. The minimum Gasteiger partial charge on any atom is -0.412 e. The second-order valence-electron chi connectivity index (χ2n) is 0.189. The molecule has 0 unspecified atom stereocenters. The van der Waals surface area contributed by atoms with E-state index in [1.807, 2.05) is 0 Å². The van der Waals surface area contributed by atoms with Crippen LogP contribution in [0.15, 0.2) is 0 Å². The summed E-state index contributed by atoms with van der Waals surface area (Å²) in [6.45, 7) is 0. The Kier molecular flexibility index (Phi) is 53.3. The van der Waals surface area contributed by atoms with Gasteiger partial charge >= 0.3 is 37.7 Å². The number of halogens is 1. The largest absolute Gasteiger partial charge is 2.00 e. The van der Waals surface area contributed by atoms with E-state index in [-0.39, 0.29) is 48.7 Å². The molecule has 42 valence electrons. The van der Waals surface area contributed by atoms with Crippen molar-refractivity contribution in [3.05, 3.63) is 0 Å². The third kappa shape index (κ3) is 115. The van der Waals surface area contributed by atoms with Crippen LogP contribution in [0.25, 0.3) is 0 Å². The van der Waals surface area contributed by atoms with Crippen molar-refractivity contribution in [3.63, 3.8) is 0 Å². The summed E-state index contributed by atoms with van der Waals surface area (Å²) in [5, 5.41) is 0. The molecule has 0 bridgehead atoms. The molecule has 7 heavy (non-hydrogen) atoms. The maximum absolute atomic E-state index is 8.41. The predicted molar refractivity (Wildman–Crippen MR) is 13.0 cm³/mol. The zero-order chi connectivity index (χ0) is 3.58. The van der Waals surface area contributed by atoms with Crippen molar-refractivity contribution >= 4 is 37.7 Å². The first-order valence-electron chi connectivity index (χ1n) is 0.463. The van der Waals surface area contributed by atoms with Gasteiger partial charge in [0.25, 0.3) is 0 Å². The maximum Gasteiger partial charge on any atom is 2.00 e. The van der Waals surface area contributed by atoms with Crippen LogP contribution >= 0.6 is 0 Å². The molecular formula is H4CaClO5+. The van der Waals surface area contributed by atoms with Crippen LogP contribution in [0.2, 0.25) is 0 Å². The van der Waals surface area contributed by atoms with Crippen molar-refractivity contribution in [3.8, 4) is 0 Å². The molecule has 0 saturated carbocycles. The third-order valence-corrected chi connectivity index (χ3v) is 0. The molecular weight excluding hydrogens is 156 g/mol. The zero-order valence-electron chi connectivity index (χ0n) is 3.31. The van der Waals surface area contributed by atoms with E-state index in [1.54, 1.807) is 0 Å². The number of rotatable bonds is 0. The molecule has 5 nitrogen and oxygen atoms in total. The van der Waals surface area contributed by atoms with Crippen LogP contribution < -0.4 is 14.0 Å². The van der Waals surface area contributed by atoms with E-state index in [9.17, 15) is 0 Å². The van der Waals surface area contributed by atoms with Crippen molar-refractivity contribution in [1.29, 1.82) is 0 Å². The number of hydrogen-bond donors (Lipinski definition) is 0. The molecule has 0 aliphatic heterocycles. The summed E-state index contributed by atoms with van der Waals surface area (Å²) in [6.07, 6.45) is 0. The van der Waals surface area contributed by atoms with Crippen LogP contribution in [-0.4, -0.2) is 48.7 Å². The van der Waals surface area contributed by atoms with E-state index in [4.69, 9.17) is 14.0 Å². The fourth-order valence-corrected chi connectivity index (χ4v) is 0. The molecule has 0 aromatic carbocycles. The monoisotopic (exact) mass is 159 g/mol.